The zero-order chi connectivity index (χ0) is 47.2. The van der Waals surface area contributed by atoms with E-state index in [1.807, 2.05) is 0 Å². The number of carboxylic acid groups (broad SMARTS) is 1. The first-order chi connectivity index (χ1) is 30.7. The molecule has 0 aliphatic heterocycles. The fourth-order valence-corrected chi connectivity index (χ4v) is 8.55. The molecule has 0 spiro atoms. The third-order valence-corrected chi connectivity index (χ3v) is 13.2. The van der Waals surface area contributed by atoms with Gasteiger partial charge in [-0.1, -0.05) is 117 Å². The number of phosphoric ester groups is 1. The maximum Gasteiger partial charge on any atom is 0.472 e. The molecule has 64 heavy (non-hydrogen) atoms. The number of phosphoric acid groups is 1. The van der Waals surface area contributed by atoms with E-state index in [4.69, 9.17) is 38.2 Å². The number of rotatable bonds is 40. The summed E-state index contributed by atoms with van der Waals surface area (Å²) in [5.74, 6) is 2.15. The van der Waals surface area contributed by atoms with Crippen LogP contribution in [0.2, 0.25) is 0 Å². The molecule has 2 aromatic rings. The zero-order valence-electron chi connectivity index (χ0n) is 40.6. The van der Waals surface area contributed by atoms with Crippen molar-refractivity contribution in [2.24, 2.45) is 5.73 Å². The van der Waals surface area contributed by atoms with Crippen molar-refractivity contribution in [2.75, 3.05) is 19.8 Å². The lowest BCUT2D eigenvalue weighted by Crippen LogP contribution is -2.34. The van der Waals surface area contributed by atoms with Crippen LogP contribution in [-0.2, 0) is 63.2 Å². The van der Waals surface area contributed by atoms with Gasteiger partial charge >= 0.3 is 25.7 Å². The molecule has 3 atom stereocenters. The molecule has 0 aliphatic rings. The van der Waals surface area contributed by atoms with Crippen LogP contribution in [0, 0.1) is 27.7 Å². The van der Waals surface area contributed by atoms with Crippen LogP contribution in [-0.4, -0.2) is 59.9 Å². The summed E-state index contributed by atoms with van der Waals surface area (Å²) >= 11 is 0. The highest BCUT2D eigenvalue weighted by Gasteiger charge is 2.28. The van der Waals surface area contributed by atoms with Gasteiger partial charge in [0.05, 0.1) is 13.2 Å². The molecule has 3 unspecified atom stereocenters. The van der Waals surface area contributed by atoms with E-state index in [0.29, 0.717) is 12.8 Å². The number of furan rings is 2. The van der Waals surface area contributed by atoms with Crippen molar-refractivity contribution >= 4 is 25.7 Å². The molecule has 0 aromatic carbocycles. The molecule has 0 aliphatic carbocycles. The van der Waals surface area contributed by atoms with Gasteiger partial charge < -0.3 is 34.0 Å². The molecule has 368 valence electrons. The second-order valence-electron chi connectivity index (χ2n) is 17.8. The van der Waals surface area contributed by atoms with Crippen molar-refractivity contribution in [3.05, 3.63) is 45.3 Å². The summed E-state index contributed by atoms with van der Waals surface area (Å²) in [6.07, 6.45) is 26.8. The Bertz CT molecular complexity index is 1650. The molecule has 0 amide bonds. The molecule has 0 radical (unpaired) electrons. The van der Waals surface area contributed by atoms with E-state index in [9.17, 15) is 23.8 Å². The van der Waals surface area contributed by atoms with E-state index in [2.05, 4.69) is 41.5 Å². The summed E-state index contributed by atoms with van der Waals surface area (Å²) in [6, 6.07) is -1.53. The number of esters is 2. The average molecular weight is 924 g/mol. The number of aryl methyl sites for hydroxylation is 4. The highest BCUT2D eigenvalue weighted by Crippen LogP contribution is 2.43. The van der Waals surface area contributed by atoms with Gasteiger partial charge in [0.15, 0.2) is 6.10 Å². The quantitative estimate of drug-likeness (QED) is 0.0324. The van der Waals surface area contributed by atoms with Gasteiger partial charge in [0.2, 0.25) is 0 Å². The third kappa shape index (κ3) is 24.5. The van der Waals surface area contributed by atoms with Crippen LogP contribution in [0.4, 0.5) is 0 Å². The monoisotopic (exact) mass is 924 g/mol. The van der Waals surface area contributed by atoms with Crippen molar-refractivity contribution in [1.82, 2.24) is 0 Å². The average Bonchev–Trinajstić information content (AvgIpc) is 3.69. The number of hydrogen-bond acceptors (Lipinski definition) is 11. The van der Waals surface area contributed by atoms with E-state index in [0.717, 1.165) is 114 Å². The third-order valence-electron chi connectivity index (χ3n) is 12.3. The first-order valence-corrected chi connectivity index (χ1v) is 26.3. The first-order valence-electron chi connectivity index (χ1n) is 24.8. The van der Waals surface area contributed by atoms with Crippen molar-refractivity contribution in [3.63, 3.8) is 0 Å². The Morgan fingerprint density at radius 3 is 1.27 bits per heavy atom. The largest absolute Gasteiger partial charge is 0.480 e. The minimum Gasteiger partial charge on any atom is -0.480 e. The second kappa shape index (κ2) is 33.5. The lowest BCUT2D eigenvalue weighted by Gasteiger charge is -2.20. The lowest BCUT2D eigenvalue weighted by molar-refractivity contribution is -0.161. The van der Waals surface area contributed by atoms with Gasteiger partial charge in [0, 0.05) is 38.5 Å². The Morgan fingerprint density at radius 2 is 0.875 bits per heavy atom. The standard InChI is InChI=1S/C50H86NO12P/c1-7-9-23-29-44-38(3)40(5)46(62-44)31-25-19-15-13-11-12-14-16-22-28-34-49(53)61-42(36-59-64(56,57)60-37-43(51)50(54)55)35-58-48(52)33-27-21-18-17-20-26-32-47-41(6)39(4)45(63-47)30-24-10-8-2/h42-43H,7-37,51H2,1-6H3,(H,54,55)(H,56,57). The number of ether oxygens (including phenoxy) is 2. The van der Waals surface area contributed by atoms with Gasteiger partial charge in [-0.15, -0.1) is 0 Å². The number of nitrogens with two attached hydrogens (primary N) is 1. The Kier molecular flexibility index (Phi) is 29.9. The van der Waals surface area contributed by atoms with E-state index in [1.54, 1.807) is 0 Å². The summed E-state index contributed by atoms with van der Waals surface area (Å²) < 4.78 is 45.4. The van der Waals surface area contributed by atoms with E-state index in [-0.39, 0.29) is 19.4 Å². The molecule has 2 heterocycles. The van der Waals surface area contributed by atoms with Crippen LogP contribution in [0.3, 0.4) is 0 Å². The maximum absolute atomic E-state index is 12.8. The number of aliphatic carboxylic acids is 1. The van der Waals surface area contributed by atoms with Crippen LogP contribution in [0.5, 0.6) is 0 Å². The normalized spacial score (nSPS) is 13.5. The van der Waals surface area contributed by atoms with Gasteiger partial charge in [-0.05, 0) is 88.5 Å². The van der Waals surface area contributed by atoms with Crippen LogP contribution in [0.15, 0.2) is 8.83 Å². The molecule has 0 fully saturated rings. The minimum absolute atomic E-state index is 0.140. The lowest BCUT2D eigenvalue weighted by atomic mass is 10.0. The predicted octanol–water partition coefficient (Wildman–Crippen LogP) is 12.4. The number of unbranched alkanes of at least 4 members (excludes halogenated alkanes) is 18. The smallest absolute Gasteiger partial charge is 0.472 e. The van der Waals surface area contributed by atoms with E-state index >= 15 is 0 Å². The SMILES string of the molecule is CCCCCc1oc(CCCCCCCCCCCCC(=O)OC(COC(=O)CCCCCCCCc2oc(CCCCC)c(C)c2C)COP(=O)(O)OCC(N)C(=O)O)c(C)c1C. The Labute approximate surface area is 385 Å². The number of carbonyl (C=O) groups excluding carboxylic acids is 2. The Morgan fingerprint density at radius 1 is 0.531 bits per heavy atom. The van der Waals surface area contributed by atoms with E-state index < -0.39 is 51.1 Å². The van der Waals surface area contributed by atoms with Crippen molar-refractivity contribution in [2.45, 2.75) is 233 Å². The highest BCUT2D eigenvalue weighted by atomic mass is 31.2. The van der Waals surface area contributed by atoms with Gasteiger partial charge in [-0.2, -0.15) is 0 Å². The van der Waals surface area contributed by atoms with Crippen molar-refractivity contribution in [3.8, 4) is 0 Å². The number of carboxylic acids is 1. The molecule has 14 heteroatoms. The molecule has 0 bridgehead atoms. The van der Waals surface area contributed by atoms with Gasteiger partial charge in [0.25, 0.3) is 0 Å². The molecule has 13 nitrogen and oxygen atoms in total. The van der Waals surface area contributed by atoms with Crippen LogP contribution >= 0.6 is 7.82 Å². The first kappa shape index (κ1) is 57.2. The molecule has 4 N–H and O–H groups in total. The Balaban J connectivity index is 1.64. The summed E-state index contributed by atoms with van der Waals surface area (Å²) in [5, 5.41) is 8.94. The summed E-state index contributed by atoms with van der Waals surface area (Å²) in [4.78, 5) is 46.4. The summed E-state index contributed by atoms with van der Waals surface area (Å²) in [6.45, 7) is 11.4. The van der Waals surface area contributed by atoms with Crippen LogP contribution in [0.25, 0.3) is 0 Å². The molecule has 2 rings (SSSR count). The molecular formula is C50H86NO12P. The maximum atomic E-state index is 12.8. The van der Waals surface area contributed by atoms with Crippen LogP contribution < -0.4 is 5.73 Å². The fraction of sp³-hybridized carbons (Fsp3) is 0.780. The van der Waals surface area contributed by atoms with Gasteiger partial charge in [-0.3, -0.25) is 23.4 Å². The molecule has 2 aromatic heterocycles. The minimum atomic E-state index is -4.74. The number of hydrogen-bond donors (Lipinski definition) is 3. The van der Waals surface area contributed by atoms with Gasteiger partial charge in [-0.25, -0.2) is 4.57 Å². The van der Waals surface area contributed by atoms with Crippen molar-refractivity contribution < 1.29 is 56.3 Å². The predicted molar refractivity (Wildman–Crippen MR) is 252 cm³/mol. The van der Waals surface area contributed by atoms with Gasteiger partial charge in [0.1, 0.15) is 35.7 Å². The number of carbonyl (C=O) groups is 3. The molecule has 0 saturated heterocycles. The van der Waals surface area contributed by atoms with Crippen molar-refractivity contribution in [1.29, 1.82) is 0 Å². The second-order valence-corrected chi connectivity index (χ2v) is 19.2. The zero-order valence-corrected chi connectivity index (χ0v) is 41.5. The van der Waals surface area contributed by atoms with Crippen LogP contribution in [0.1, 0.15) is 213 Å². The highest BCUT2D eigenvalue weighted by molar-refractivity contribution is 7.47. The Hall–Kier alpha value is -2.96. The summed E-state index contributed by atoms with van der Waals surface area (Å²) in [7, 11) is -4.74. The summed E-state index contributed by atoms with van der Waals surface area (Å²) in [5.41, 5.74) is 10.6. The molecule has 0 saturated carbocycles. The fourth-order valence-electron chi connectivity index (χ4n) is 7.78. The van der Waals surface area contributed by atoms with E-state index in [1.165, 1.54) is 85.8 Å². The molecular weight excluding hydrogens is 838 g/mol. The topological polar surface area (TPSA) is 198 Å².